The molecule has 0 radical (unpaired) electrons. The summed E-state index contributed by atoms with van der Waals surface area (Å²) in [5.74, 6) is 0. The van der Waals surface area contributed by atoms with Crippen LogP contribution in [0.3, 0.4) is 0 Å². The van der Waals surface area contributed by atoms with Crippen molar-refractivity contribution >= 4 is 89.2 Å². The molecule has 12 aromatic rings. The number of fused-ring (bicyclic) bond motifs is 9. The zero-order valence-electron chi connectivity index (χ0n) is 64.9. The molecule has 0 atom stereocenters. The van der Waals surface area contributed by atoms with Crippen molar-refractivity contribution in [2.24, 2.45) is 0 Å². The van der Waals surface area contributed by atoms with Gasteiger partial charge in [0.05, 0.1) is 71.4 Å². The van der Waals surface area contributed by atoms with Gasteiger partial charge in [-0.15, -0.1) is 0 Å². The van der Waals surface area contributed by atoms with Gasteiger partial charge in [-0.2, -0.15) is 0 Å². The second kappa shape index (κ2) is 12.8. The van der Waals surface area contributed by atoms with E-state index in [1.165, 1.54) is 0 Å². The van der Waals surface area contributed by atoms with Crippen LogP contribution < -0.4 is 15.6 Å². The number of aromatic nitrogens is 3. The molecule has 3 nitrogen and oxygen atoms in total. The fourth-order valence-electron chi connectivity index (χ4n) is 7.52. The minimum Gasteiger partial charge on any atom is -0.355 e. The number of nitrogens with zero attached hydrogens (tertiary/aromatic N) is 3. The molecule has 0 amide bonds. The lowest BCUT2D eigenvalue weighted by atomic mass is 10.1. The lowest BCUT2D eigenvalue weighted by molar-refractivity contribution is 1.17. The first-order valence-corrected chi connectivity index (χ1v) is 19.0. The number of hydrogen-bond donors (Lipinski definition) is 0. The molecule has 0 fully saturated rings. The Bertz CT molecular complexity index is 5370. The highest BCUT2D eigenvalue weighted by molar-refractivity contribution is 7.11. The van der Waals surface area contributed by atoms with Crippen LogP contribution in [0.25, 0.3) is 76.8 Å². The van der Waals surface area contributed by atoms with Crippen LogP contribution in [0.15, 0.2) is 224 Å². The van der Waals surface area contributed by atoms with E-state index in [2.05, 4.69) is 0 Å². The molecule has 0 aliphatic heterocycles. The van der Waals surface area contributed by atoms with Crippen molar-refractivity contribution < 1.29 is 49.3 Å². The average molecular weight is 792 g/mol. The Kier molecular flexibility index (Phi) is 2.89. The highest BCUT2D eigenvalue weighted by Gasteiger charge is 2.44. The Hall–Kier alpha value is -7.40. The molecular formula is C54H37N3Si. The number of rotatable bonds is 6. The SMILES string of the molecule is [2H]c1cc2c(c([2H])c1-n1c3c([2H])c([2H])c([2H])c([2H])c3c3c([2H])c([2H])c([2H])c([2H])c31)c1c([2H])c([2H])c([2H])c([2H])c1n2-c1c([2H])c([2H])c([2H])c([Si](c2c([2H])c([2H])c([2H])c([2H])c2[2H])(c2c([2H])c([2H])c([2H])c([2H])c2[2H])n2c3c([2H])c([2H])c([2H])c([2H])c3c3c([2H])c([2H])c([2H])c([2H])c32)c1[2H]. The van der Waals surface area contributed by atoms with Crippen molar-refractivity contribution in [2.75, 3.05) is 0 Å². The van der Waals surface area contributed by atoms with Gasteiger partial charge in [-0.1, -0.05) is 163 Å². The molecule has 0 saturated heterocycles. The highest BCUT2D eigenvalue weighted by Crippen LogP contribution is 2.37. The lowest BCUT2D eigenvalue weighted by Gasteiger charge is -2.36. The summed E-state index contributed by atoms with van der Waals surface area (Å²) in [6, 6.07) is -40.1. The molecular weight excluding hydrogens is 719 g/mol. The quantitative estimate of drug-likeness (QED) is 0.118. The minimum absolute atomic E-state index is 0.514. The first-order valence-electron chi connectivity index (χ1n) is 35.1. The molecule has 0 aliphatic rings. The molecule has 3 aromatic heterocycles. The molecule has 0 unspecified atom stereocenters. The zero-order chi connectivity index (χ0) is 69.5. The predicted molar refractivity (Wildman–Crippen MR) is 248 cm³/mol. The van der Waals surface area contributed by atoms with E-state index in [1.54, 1.807) is 0 Å². The predicted octanol–water partition coefficient (Wildman–Crippen LogP) is 11.5. The average Bonchev–Trinajstić information content (AvgIpc) is 1.36. The van der Waals surface area contributed by atoms with E-state index in [1.807, 2.05) is 0 Å². The normalized spacial score (nSPS) is 20.8. The summed E-state index contributed by atoms with van der Waals surface area (Å²) in [5, 5.41) is -7.97. The van der Waals surface area contributed by atoms with E-state index in [4.69, 9.17) is 19.2 Å². The maximum absolute atomic E-state index is 10.8. The fraction of sp³-hybridized carbons (Fsp3) is 0. The minimum atomic E-state index is -6.86. The van der Waals surface area contributed by atoms with Crippen LogP contribution >= 0.6 is 0 Å². The van der Waals surface area contributed by atoms with Crippen molar-refractivity contribution in [3.8, 4) is 11.4 Å². The van der Waals surface area contributed by atoms with Gasteiger partial charge in [-0.3, -0.25) is 0 Å². The fourth-order valence-corrected chi connectivity index (χ4v) is 11.5. The first kappa shape index (κ1) is 13.1. The van der Waals surface area contributed by atoms with Gasteiger partial charge in [-0.05, 0) is 76.0 Å². The van der Waals surface area contributed by atoms with Gasteiger partial charge >= 0.3 is 0 Å². The van der Waals surface area contributed by atoms with Crippen LogP contribution in [-0.4, -0.2) is 21.6 Å². The summed E-state index contributed by atoms with van der Waals surface area (Å²) in [6.07, 6.45) is 0. The molecule has 0 aliphatic carbocycles. The number of para-hydroxylation sites is 5. The molecule has 12 rings (SSSR count). The van der Waals surface area contributed by atoms with Crippen molar-refractivity contribution in [2.45, 2.75) is 0 Å². The summed E-state index contributed by atoms with van der Waals surface area (Å²) in [5.41, 5.74) is -6.76. The molecule has 0 spiro atoms. The highest BCUT2D eigenvalue weighted by atomic mass is 28.3. The third-order valence-electron chi connectivity index (χ3n) is 9.77. The van der Waals surface area contributed by atoms with Gasteiger partial charge in [0.2, 0.25) is 0 Å². The maximum atomic E-state index is 10.8. The summed E-state index contributed by atoms with van der Waals surface area (Å²) in [7, 11) is -6.86. The van der Waals surface area contributed by atoms with Crippen molar-refractivity contribution in [3.05, 3.63) is 224 Å². The molecule has 0 N–H and O–H groups in total. The largest absolute Gasteiger partial charge is 0.355 e. The molecule has 272 valence electrons. The number of benzene rings is 9. The van der Waals surface area contributed by atoms with Gasteiger partial charge in [0.1, 0.15) is 0 Å². The Morgan fingerprint density at radius 2 is 0.672 bits per heavy atom. The van der Waals surface area contributed by atoms with E-state index in [9.17, 15) is 30.2 Å². The Morgan fingerprint density at radius 3 is 1.19 bits per heavy atom. The topological polar surface area (TPSA) is 14.8 Å². The van der Waals surface area contributed by atoms with Crippen LogP contribution in [0.4, 0.5) is 0 Å². The standard InChI is InChI=1S/C54H37N3Si/c1-3-19-40(20-4-1)58(41-21-5-2-6-22-41,57-53-32-15-10-26-45(53)46-27-11-16-33-54(46)57)42-23-17-18-38(36-42)55-51-31-14-9-28-47(51)48-37-39(34-35-52(48)55)56-49-29-12-7-24-43(49)44-25-8-13-30-50(44)56/h1-37H/i1D,2D,3D,4D,5D,6D,7D,8D,9D,10D,11D,12D,13D,14D,15D,16D,17D,18D,19D,20D,21D,22D,23D,24D,25D,26D,27D,28D,29D,30D,31D,32D,33D,34D,36D,37D. The Labute approximate surface area is 387 Å². The van der Waals surface area contributed by atoms with E-state index in [0.29, 0.717) is 8.80 Å². The third-order valence-corrected chi connectivity index (χ3v) is 13.8. The van der Waals surface area contributed by atoms with E-state index >= 15 is 0 Å². The molecule has 0 bridgehead atoms. The summed E-state index contributed by atoms with van der Waals surface area (Å²) in [4.78, 5) is 0. The first-order chi connectivity index (χ1) is 43.8. The van der Waals surface area contributed by atoms with Gasteiger partial charge in [0.15, 0.2) is 0 Å². The van der Waals surface area contributed by atoms with Crippen molar-refractivity contribution in [1.82, 2.24) is 13.4 Å². The molecule has 58 heavy (non-hydrogen) atoms. The monoisotopic (exact) mass is 792 g/mol. The van der Waals surface area contributed by atoms with Crippen LogP contribution in [0.2, 0.25) is 0 Å². The van der Waals surface area contributed by atoms with E-state index in [0.717, 1.165) is 10.6 Å². The molecule has 3 heterocycles. The van der Waals surface area contributed by atoms with Crippen LogP contribution in [0.1, 0.15) is 49.3 Å². The smallest absolute Gasteiger partial charge is 0.257 e. The van der Waals surface area contributed by atoms with Gasteiger partial charge in [0.25, 0.3) is 8.24 Å². The van der Waals surface area contributed by atoms with Crippen LogP contribution in [0.5, 0.6) is 0 Å². The summed E-state index contributed by atoms with van der Waals surface area (Å²) in [6.45, 7) is 0. The number of hydrogen-bond acceptors (Lipinski definition) is 0. The second-order valence-corrected chi connectivity index (χ2v) is 15.9. The molecule has 9 aromatic carbocycles. The maximum Gasteiger partial charge on any atom is 0.257 e. The van der Waals surface area contributed by atoms with Crippen molar-refractivity contribution in [1.29, 1.82) is 0 Å². The molecule has 0 saturated carbocycles. The van der Waals surface area contributed by atoms with Gasteiger partial charge < -0.3 is 13.4 Å². The Morgan fingerprint density at radius 1 is 0.293 bits per heavy atom. The second-order valence-electron chi connectivity index (χ2n) is 12.6. The van der Waals surface area contributed by atoms with E-state index in [-0.39, 0.29) is 0 Å². The summed E-state index contributed by atoms with van der Waals surface area (Å²) < 4.78 is 339. The van der Waals surface area contributed by atoms with Crippen LogP contribution in [0, 0.1) is 0 Å². The molecule has 4 heteroatoms. The zero-order valence-corrected chi connectivity index (χ0v) is 29.9. The van der Waals surface area contributed by atoms with Gasteiger partial charge in [-0.25, -0.2) is 0 Å². The third kappa shape index (κ3) is 4.61. The lowest BCUT2D eigenvalue weighted by Crippen LogP contribution is -2.72. The summed E-state index contributed by atoms with van der Waals surface area (Å²) >= 11 is 0. The van der Waals surface area contributed by atoms with Crippen molar-refractivity contribution in [3.63, 3.8) is 0 Å². The van der Waals surface area contributed by atoms with Crippen LogP contribution in [-0.2, 0) is 0 Å². The van der Waals surface area contributed by atoms with E-state index < -0.39 is 318 Å². The Balaban J connectivity index is 1.43. The van der Waals surface area contributed by atoms with Gasteiger partial charge in [0, 0.05) is 54.7 Å².